The summed E-state index contributed by atoms with van der Waals surface area (Å²) in [4.78, 5) is 26.7. The Bertz CT molecular complexity index is 812. The summed E-state index contributed by atoms with van der Waals surface area (Å²) < 4.78 is 20.0. The molecule has 1 N–H and O–H groups in total. The third-order valence-corrected chi connectivity index (χ3v) is 4.58. The minimum Gasteiger partial charge on any atom is -0.481 e. The smallest absolute Gasteiger partial charge is 0.261 e. The zero-order valence-electron chi connectivity index (χ0n) is 16.1. The molecule has 2 rings (SSSR count). The Morgan fingerprint density at radius 3 is 2.36 bits per heavy atom. The van der Waals surface area contributed by atoms with Gasteiger partial charge in [0.15, 0.2) is 18.2 Å². The molecule has 0 aromatic heterocycles. The van der Waals surface area contributed by atoms with Crippen molar-refractivity contribution in [2.75, 3.05) is 6.61 Å². The van der Waals surface area contributed by atoms with Crippen LogP contribution in [0.3, 0.4) is 0 Å². The minimum atomic E-state index is -0.706. The van der Waals surface area contributed by atoms with Crippen LogP contribution in [0, 0.1) is 5.82 Å². The van der Waals surface area contributed by atoms with Crippen LogP contribution >= 0.6 is 15.9 Å². The molecule has 0 unspecified atom stereocenters. The number of hydrogen-bond donors (Lipinski definition) is 1. The molecule has 0 aliphatic heterocycles. The molecule has 28 heavy (non-hydrogen) atoms. The Kier molecular flexibility index (Phi) is 7.99. The second-order valence-corrected chi connectivity index (χ2v) is 7.62. The number of benzene rings is 2. The number of hydrogen-bond acceptors (Lipinski definition) is 3. The summed E-state index contributed by atoms with van der Waals surface area (Å²) in [6.45, 7) is 5.24. The molecule has 0 radical (unpaired) electrons. The van der Waals surface area contributed by atoms with Gasteiger partial charge < -0.3 is 15.0 Å². The van der Waals surface area contributed by atoms with Crippen molar-refractivity contribution in [2.45, 2.75) is 39.4 Å². The first-order chi connectivity index (χ1) is 13.3. The number of amides is 2. The molecule has 2 aromatic rings. The standard InChI is InChI=1S/C21H24BrFN2O3/c1-14(2)24-21(27)15(3)25(12-16-8-10-17(22)11-9-16)20(26)13-28-19-7-5-4-6-18(19)23/h4-11,14-15H,12-13H2,1-3H3,(H,24,27)/t15-/m0/s1. The zero-order valence-corrected chi connectivity index (χ0v) is 17.7. The number of nitrogens with zero attached hydrogens (tertiary/aromatic N) is 1. The van der Waals surface area contributed by atoms with E-state index in [2.05, 4.69) is 21.2 Å². The lowest BCUT2D eigenvalue weighted by Gasteiger charge is -2.29. The molecule has 0 spiro atoms. The van der Waals surface area contributed by atoms with Gasteiger partial charge in [-0.05, 0) is 50.6 Å². The van der Waals surface area contributed by atoms with Crippen molar-refractivity contribution in [3.8, 4) is 5.75 Å². The van der Waals surface area contributed by atoms with Crippen molar-refractivity contribution in [1.82, 2.24) is 10.2 Å². The van der Waals surface area contributed by atoms with Crippen molar-refractivity contribution in [3.05, 3.63) is 64.4 Å². The largest absolute Gasteiger partial charge is 0.481 e. The molecule has 0 fully saturated rings. The van der Waals surface area contributed by atoms with E-state index in [-0.39, 0.29) is 30.9 Å². The van der Waals surface area contributed by atoms with E-state index in [4.69, 9.17) is 4.74 Å². The van der Waals surface area contributed by atoms with Crippen LogP contribution in [-0.2, 0) is 16.1 Å². The Balaban J connectivity index is 2.15. The Morgan fingerprint density at radius 1 is 1.11 bits per heavy atom. The number of carbonyl (C=O) groups excluding carboxylic acids is 2. The van der Waals surface area contributed by atoms with E-state index < -0.39 is 17.8 Å². The summed E-state index contributed by atoms with van der Waals surface area (Å²) >= 11 is 3.38. The van der Waals surface area contributed by atoms with Crippen molar-refractivity contribution in [1.29, 1.82) is 0 Å². The minimum absolute atomic E-state index is 0.00118. The fraction of sp³-hybridized carbons (Fsp3) is 0.333. The lowest BCUT2D eigenvalue weighted by atomic mass is 10.1. The van der Waals surface area contributed by atoms with Crippen LogP contribution in [0.25, 0.3) is 0 Å². The molecule has 7 heteroatoms. The molecular weight excluding hydrogens is 427 g/mol. The molecule has 0 heterocycles. The molecule has 1 atom stereocenters. The van der Waals surface area contributed by atoms with Gasteiger partial charge in [-0.3, -0.25) is 9.59 Å². The third-order valence-electron chi connectivity index (χ3n) is 4.05. The molecule has 2 aromatic carbocycles. The maximum Gasteiger partial charge on any atom is 0.261 e. The summed E-state index contributed by atoms with van der Waals surface area (Å²) in [5.41, 5.74) is 0.867. The molecule has 0 saturated heterocycles. The summed E-state index contributed by atoms with van der Waals surface area (Å²) in [5, 5.41) is 2.81. The van der Waals surface area contributed by atoms with E-state index in [0.717, 1.165) is 10.0 Å². The average molecular weight is 451 g/mol. The van der Waals surface area contributed by atoms with Crippen LogP contribution in [-0.4, -0.2) is 35.4 Å². The van der Waals surface area contributed by atoms with Crippen LogP contribution in [0.15, 0.2) is 53.0 Å². The van der Waals surface area contributed by atoms with Gasteiger partial charge in [0.05, 0.1) is 0 Å². The van der Waals surface area contributed by atoms with Gasteiger partial charge in [0.25, 0.3) is 5.91 Å². The summed E-state index contributed by atoms with van der Waals surface area (Å²) in [7, 11) is 0. The summed E-state index contributed by atoms with van der Waals surface area (Å²) in [5.74, 6) is -1.21. The predicted molar refractivity (Wildman–Crippen MR) is 109 cm³/mol. The molecule has 2 amide bonds. The molecular formula is C21H24BrFN2O3. The van der Waals surface area contributed by atoms with E-state index in [1.807, 2.05) is 38.1 Å². The first kappa shape index (κ1) is 21.9. The van der Waals surface area contributed by atoms with Crippen LogP contribution in [0.1, 0.15) is 26.3 Å². The predicted octanol–water partition coefficient (Wildman–Crippen LogP) is 3.91. The lowest BCUT2D eigenvalue weighted by Crippen LogP contribution is -2.50. The van der Waals surface area contributed by atoms with E-state index in [0.29, 0.717) is 0 Å². The Labute approximate surface area is 173 Å². The first-order valence-corrected chi connectivity index (χ1v) is 9.79. The summed E-state index contributed by atoms with van der Waals surface area (Å²) in [6, 6.07) is 12.6. The highest BCUT2D eigenvalue weighted by atomic mass is 79.9. The van der Waals surface area contributed by atoms with Gasteiger partial charge in [0, 0.05) is 17.1 Å². The Hall–Kier alpha value is -2.41. The highest BCUT2D eigenvalue weighted by molar-refractivity contribution is 9.10. The average Bonchev–Trinajstić information content (AvgIpc) is 2.65. The fourth-order valence-corrected chi connectivity index (χ4v) is 2.82. The van der Waals surface area contributed by atoms with E-state index in [9.17, 15) is 14.0 Å². The van der Waals surface area contributed by atoms with Gasteiger partial charge in [0.1, 0.15) is 6.04 Å². The van der Waals surface area contributed by atoms with Gasteiger partial charge in [-0.1, -0.05) is 40.2 Å². The number of halogens is 2. The van der Waals surface area contributed by atoms with Gasteiger partial charge in [-0.15, -0.1) is 0 Å². The molecule has 0 bridgehead atoms. The van der Waals surface area contributed by atoms with E-state index in [1.165, 1.54) is 17.0 Å². The third kappa shape index (κ3) is 6.34. The molecule has 5 nitrogen and oxygen atoms in total. The van der Waals surface area contributed by atoms with Crippen molar-refractivity contribution < 1.29 is 18.7 Å². The highest BCUT2D eigenvalue weighted by Crippen LogP contribution is 2.17. The van der Waals surface area contributed by atoms with Crippen LogP contribution < -0.4 is 10.1 Å². The Morgan fingerprint density at radius 2 is 1.75 bits per heavy atom. The van der Waals surface area contributed by atoms with Gasteiger partial charge >= 0.3 is 0 Å². The molecule has 0 saturated carbocycles. The van der Waals surface area contributed by atoms with Crippen molar-refractivity contribution in [3.63, 3.8) is 0 Å². The quantitative estimate of drug-likeness (QED) is 0.662. The monoisotopic (exact) mass is 450 g/mol. The van der Waals surface area contributed by atoms with Gasteiger partial charge in [0.2, 0.25) is 5.91 Å². The molecule has 0 aliphatic rings. The van der Waals surface area contributed by atoms with E-state index >= 15 is 0 Å². The van der Waals surface area contributed by atoms with Crippen LogP contribution in [0.5, 0.6) is 5.75 Å². The van der Waals surface area contributed by atoms with Crippen LogP contribution in [0.2, 0.25) is 0 Å². The number of nitrogens with one attached hydrogen (secondary N) is 1. The second-order valence-electron chi connectivity index (χ2n) is 6.71. The fourth-order valence-electron chi connectivity index (χ4n) is 2.56. The maximum atomic E-state index is 13.7. The molecule has 150 valence electrons. The normalized spacial score (nSPS) is 11.8. The van der Waals surface area contributed by atoms with Crippen LogP contribution in [0.4, 0.5) is 4.39 Å². The number of ether oxygens (including phenoxy) is 1. The highest BCUT2D eigenvalue weighted by Gasteiger charge is 2.27. The summed E-state index contributed by atoms with van der Waals surface area (Å²) in [6.07, 6.45) is 0. The molecule has 0 aliphatic carbocycles. The second kappa shape index (κ2) is 10.2. The SMILES string of the molecule is CC(C)NC(=O)[C@H](C)N(Cc1ccc(Br)cc1)C(=O)COc1ccccc1F. The number of carbonyl (C=O) groups is 2. The number of para-hydroxylation sites is 1. The van der Waals surface area contributed by atoms with Gasteiger partial charge in [-0.25, -0.2) is 4.39 Å². The van der Waals surface area contributed by atoms with E-state index in [1.54, 1.807) is 19.1 Å². The maximum absolute atomic E-state index is 13.7. The zero-order chi connectivity index (χ0) is 20.7. The first-order valence-electron chi connectivity index (χ1n) is 8.99. The lowest BCUT2D eigenvalue weighted by molar-refractivity contribution is -0.142. The van der Waals surface area contributed by atoms with Crippen molar-refractivity contribution >= 4 is 27.7 Å². The number of rotatable bonds is 8. The van der Waals surface area contributed by atoms with Crippen molar-refractivity contribution in [2.24, 2.45) is 0 Å². The topological polar surface area (TPSA) is 58.6 Å². The van der Waals surface area contributed by atoms with Gasteiger partial charge in [-0.2, -0.15) is 0 Å².